The SMILES string of the molecule is Cc1ncsc1C(=O)N[C@@H]1CCNC1. The van der Waals surface area contributed by atoms with E-state index in [0.717, 1.165) is 30.1 Å². The number of nitrogens with one attached hydrogen (secondary N) is 2. The van der Waals surface area contributed by atoms with Crippen molar-refractivity contribution >= 4 is 17.2 Å². The number of thiazole rings is 1. The molecule has 2 rings (SSSR count). The van der Waals surface area contributed by atoms with Crippen molar-refractivity contribution in [3.05, 3.63) is 16.1 Å². The van der Waals surface area contributed by atoms with Crippen LogP contribution in [0.5, 0.6) is 0 Å². The topological polar surface area (TPSA) is 54.0 Å². The summed E-state index contributed by atoms with van der Waals surface area (Å²) in [6.45, 7) is 3.73. The molecule has 0 aromatic carbocycles. The minimum absolute atomic E-state index is 0.0127. The molecule has 1 amide bonds. The third-order valence-electron chi connectivity index (χ3n) is 2.35. The number of aryl methyl sites for hydroxylation is 1. The maximum absolute atomic E-state index is 11.7. The van der Waals surface area contributed by atoms with Crippen molar-refractivity contribution in [3.63, 3.8) is 0 Å². The van der Waals surface area contributed by atoms with Gasteiger partial charge in [-0.2, -0.15) is 0 Å². The normalized spacial score (nSPS) is 21.1. The summed E-state index contributed by atoms with van der Waals surface area (Å²) in [5.74, 6) is 0.0127. The van der Waals surface area contributed by atoms with Gasteiger partial charge in [-0.1, -0.05) is 0 Å². The van der Waals surface area contributed by atoms with Crippen LogP contribution < -0.4 is 10.6 Å². The largest absolute Gasteiger partial charge is 0.347 e. The molecule has 14 heavy (non-hydrogen) atoms. The summed E-state index contributed by atoms with van der Waals surface area (Å²) < 4.78 is 0. The van der Waals surface area contributed by atoms with E-state index in [1.807, 2.05) is 6.92 Å². The molecule has 2 heterocycles. The second kappa shape index (κ2) is 4.06. The number of carbonyl (C=O) groups is 1. The molecule has 1 saturated heterocycles. The molecule has 1 aromatic rings. The first kappa shape index (κ1) is 9.61. The highest BCUT2D eigenvalue weighted by atomic mass is 32.1. The second-order valence-corrected chi connectivity index (χ2v) is 4.28. The molecule has 0 saturated carbocycles. The van der Waals surface area contributed by atoms with Crippen molar-refractivity contribution in [3.8, 4) is 0 Å². The lowest BCUT2D eigenvalue weighted by molar-refractivity contribution is 0.0943. The number of nitrogens with zero attached hydrogens (tertiary/aromatic N) is 1. The van der Waals surface area contributed by atoms with E-state index in [9.17, 15) is 4.79 Å². The number of hydrogen-bond donors (Lipinski definition) is 2. The molecule has 2 N–H and O–H groups in total. The molecule has 1 aliphatic rings. The van der Waals surface area contributed by atoms with Crippen LogP contribution in [0.25, 0.3) is 0 Å². The van der Waals surface area contributed by atoms with Crippen LogP contribution in [0.4, 0.5) is 0 Å². The van der Waals surface area contributed by atoms with Gasteiger partial charge in [0.1, 0.15) is 4.88 Å². The Balaban J connectivity index is 1.98. The molecule has 1 fully saturated rings. The lowest BCUT2D eigenvalue weighted by atomic mass is 10.2. The maximum atomic E-state index is 11.7. The van der Waals surface area contributed by atoms with Gasteiger partial charge in [0.15, 0.2) is 0 Å². The summed E-state index contributed by atoms with van der Waals surface area (Å²) in [7, 11) is 0. The summed E-state index contributed by atoms with van der Waals surface area (Å²) in [5.41, 5.74) is 2.52. The third kappa shape index (κ3) is 1.93. The van der Waals surface area contributed by atoms with Gasteiger partial charge in [-0.15, -0.1) is 11.3 Å². The van der Waals surface area contributed by atoms with E-state index in [0.29, 0.717) is 0 Å². The highest BCUT2D eigenvalue weighted by molar-refractivity contribution is 7.11. The quantitative estimate of drug-likeness (QED) is 0.751. The Bertz CT molecular complexity index is 331. The second-order valence-electron chi connectivity index (χ2n) is 3.43. The van der Waals surface area contributed by atoms with Crippen LogP contribution >= 0.6 is 11.3 Å². The molecule has 0 spiro atoms. The zero-order valence-corrected chi connectivity index (χ0v) is 8.86. The van der Waals surface area contributed by atoms with E-state index in [1.165, 1.54) is 11.3 Å². The first-order valence-electron chi connectivity index (χ1n) is 4.69. The van der Waals surface area contributed by atoms with Crippen molar-refractivity contribution in [2.45, 2.75) is 19.4 Å². The number of aromatic nitrogens is 1. The van der Waals surface area contributed by atoms with Gasteiger partial charge in [0, 0.05) is 12.6 Å². The Morgan fingerprint density at radius 2 is 2.64 bits per heavy atom. The van der Waals surface area contributed by atoms with Gasteiger partial charge in [-0.3, -0.25) is 4.79 Å². The average Bonchev–Trinajstić information content (AvgIpc) is 2.75. The van der Waals surface area contributed by atoms with Gasteiger partial charge in [-0.05, 0) is 19.9 Å². The number of rotatable bonds is 2. The van der Waals surface area contributed by atoms with Crippen molar-refractivity contribution in [1.82, 2.24) is 15.6 Å². The standard InChI is InChI=1S/C9H13N3OS/c1-6-8(14-5-11-6)9(13)12-7-2-3-10-4-7/h5,7,10H,2-4H2,1H3,(H,12,13)/t7-/m1/s1. The van der Waals surface area contributed by atoms with Crippen LogP contribution in [-0.4, -0.2) is 30.0 Å². The molecule has 0 aliphatic carbocycles. The minimum Gasteiger partial charge on any atom is -0.347 e. The third-order valence-corrected chi connectivity index (χ3v) is 3.27. The van der Waals surface area contributed by atoms with Crippen LogP contribution in [0.3, 0.4) is 0 Å². The van der Waals surface area contributed by atoms with Gasteiger partial charge in [0.05, 0.1) is 11.2 Å². The van der Waals surface area contributed by atoms with Crippen LogP contribution in [0.1, 0.15) is 21.8 Å². The van der Waals surface area contributed by atoms with E-state index >= 15 is 0 Å². The van der Waals surface area contributed by atoms with Gasteiger partial charge in [0.2, 0.25) is 0 Å². The Kier molecular flexibility index (Phi) is 2.79. The highest BCUT2D eigenvalue weighted by Crippen LogP contribution is 2.12. The zero-order chi connectivity index (χ0) is 9.97. The fourth-order valence-corrected chi connectivity index (χ4v) is 2.25. The number of carbonyl (C=O) groups excluding carboxylic acids is 1. The maximum Gasteiger partial charge on any atom is 0.263 e. The number of amides is 1. The lowest BCUT2D eigenvalue weighted by Gasteiger charge is -2.09. The summed E-state index contributed by atoms with van der Waals surface area (Å²) in [4.78, 5) is 16.5. The van der Waals surface area contributed by atoms with E-state index < -0.39 is 0 Å². The first-order chi connectivity index (χ1) is 6.77. The first-order valence-corrected chi connectivity index (χ1v) is 5.57. The van der Waals surface area contributed by atoms with E-state index in [2.05, 4.69) is 15.6 Å². The van der Waals surface area contributed by atoms with Crippen molar-refractivity contribution in [2.75, 3.05) is 13.1 Å². The zero-order valence-electron chi connectivity index (χ0n) is 8.04. The van der Waals surface area contributed by atoms with Crippen LogP contribution in [-0.2, 0) is 0 Å². The monoisotopic (exact) mass is 211 g/mol. The molecular weight excluding hydrogens is 198 g/mol. The van der Waals surface area contributed by atoms with Crippen LogP contribution in [0, 0.1) is 6.92 Å². The van der Waals surface area contributed by atoms with Crippen LogP contribution in [0.2, 0.25) is 0 Å². The molecular formula is C9H13N3OS. The molecule has 76 valence electrons. The number of hydrogen-bond acceptors (Lipinski definition) is 4. The lowest BCUT2D eigenvalue weighted by Crippen LogP contribution is -2.36. The van der Waals surface area contributed by atoms with E-state index in [-0.39, 0.29) is 11.9 Å². The Morgan fingerprint density at radius 1 is 1.79 bits per heavy atom. The van der Waals surface area contributed by atoms with Crippen molar-refractivity contribution < 1.29 is 4.79 Å². The molecule has 1 atom stereocenters. The fourth-order valence-electron chi connectivity index (χ4n) is 1.55. The Hall–Kier alpha value is -0.940. The molecule has 0 unspecified atom stereocenters. The molecule has 1 aliphatic heterocycles. The van der Waals surface area contributed by atoms with Crippen molar-refractivity contribution in [2.24, 2.45) is 0 Å². The molecule has 1 aromatic heterocycles. The van der Waals surface area contributed by atoms with E-state index in [4.69, 9.17) is 0 Å². The van der Waals surface area contributed by atoms with E-state index in [1.54, 1.807) is 5.51 Å². The fraction of sp³-hybridized carbons (Fsp3) is 0.556. The molecule has 0 radical (unpaired) electrons. The van der Waals surface area contributed by atoms with Crippen molar-refractivity contribution in [1.29, 1.82) is 0 Å². The molecule has 0 bridgehead atoms. The minimum atomic E-state index is 0.0127. The summed E-state index contributed by atoms with van der Waals surface area (Å²) in [6, 6.07) is 0.281. The Labute approximate surface area is 86.7 Å². The summed E-state index contributed by atoms with van der Waals surface area (Å²) in [5, 5.41) is 6.20. The smallest absolute Gasteiger partial charge is 0.263 e. The molecule has 5 heteroatoms. The van der Waals surface area contributed by atoms with Crippen LogP contribution in [0.15, 0.2) is 5.51 Å². The van der Waals surface area contributed by atoms with Gasteiger partial charge >= 0.3 is 0 Å². The molecule has 4 nitrogen and oxygen atoms in total. The summed E-state index contributed by atoms with van der Waals surface area (Å²) >= 11 is 1.40. The highest BCUT2D eigenvalue weighted by Gasteiger charge is 2.19. The van der Waals surface area contributed by atoms with Gasteiger partial charge in [-0.25, -0.2) is 4.98 Å². The average molecular weight is 211 g/mol. The predicted molar refractivity (Wildman–Crippen MR) is 55.6 cm³/mol. The van der Waals surface area contributed by atoms with Gasteiger partial charge < -0.3 is 10.6 Å². The van der Waals surface area contributed by atoms with Gasteiger partial charge in [0.25, 0.3) is 5.91 Å². The predicted octanol–water partition coefficient (Wildman–Crippen LogP) is 0.543. The Morgan fingerprint density at radius 3 is 3.21 bits per heavy atom. The summed E-state index contributed by atoms with van der Waals surface area (Å²) in [6.07, 6.45) is 1.02.